The van der Waals surface area contributed by atoms with Gasteiger partial charge < -0.3 is 0 Å². The highest BCUT2D eigenvalue weighted by Gasteiger charge is 2.05. The number of halogens is 1. The van der Waals surface area contributed by atoms with Crippen LogP contribution in [0.15, 0.2) is 45.4 Å². The van der Waals surface area contributed by atoms with Gasteiger partial charge in [0.05, 0.1) is 12.3 Å². The molecule has 66 valence electrons. The Hall–Kier alpha value is -0.890. The minimum absolute atomic E-state index is 0.853. The molecule has 13 heavy (non-hydrogen) atoms. The van der Waals surface area contributed by atoms with Gasteiger partial charge in [0.25, 0.3) is 0 Å². The number of hydrogen-bond donors (Lipinski definition) is 0. The van der Waals surface area contributed by atoms with Crippen LogP contribution >= 0.6 is 15.9 Å². The third kappa shape index (κ3) is 1.89. The summed E-state index contributed by atoms with van der Waals surface area (Å²) < 4.78 is 1.11. The molecule has 0 amide bonds. The molecular formula is C11H10BrN. The summed E-state index contributed by atoms with van der Waals surface area (Å²) in [6.45, 7) is 2.96. The molecule has 0 aliphatic carbocycles. The molecule has 0 unspecified atom stereocenters. The van der Waals surface area contributed by atoms with E-state index in [-0.39, 0.29) is 0 Å². The summed E-state index contributed by atoms with van der Waals surface area (Å²) >= 11 is 3.41. The van der Waals surface area contributed by atoms with Crippen molar-refractivity contribution in [1.29, 1.82) is 0 Å². The zero-order valence-corrected chi connectivity index (χ0v) is 9.01. The average Bonchev–Trinajstić information content (AvgIpc) is 2.53. The normalized spacial score (nSPS) is 15.5. The number of aliphatic imine (C=N–C) groups is 1. The van der Waals surface area contributed by atoms with Gasteiger partial charge in [0.15, 0.2) is 0 Å². The van der Waals surface area contributed by atoms with E-state index in [0.717, 1.165) is 16.7 Å². The van der Waals surface area contributed by atoms with Gasteiger partial charge in [0.1, 0.15) is 0 Å². The molecule has 2 rings (SSSR count). The molecule has 1 heterocycles. The van der Waals surface area contributed by atoms with E-state index in [1.54, 1.807) is 0 Å². The molecule has 0 saturated heterocycles. The van der Waals surface area contributed by atoms with Gasteiger partial charge in [-0.05, 0) is 36.3 Å². The quantitative estimate of drug-likeness (QED) is 0.710. The highest BCUT2D eigenvalue weighted by Crippen LogP contribution is 2.15. The van der Waals surface area contributed by atoms with Crippen LogP contribution in [-0.4, -0.2) is 12.3 Å². The standard InChI is InChI=1S/C11H10BrN/c1-8-6-11(13-7-8)9-2-4-10(12)5-3-9/h2-6H,7H2,1H3. The van der Waals surface area contributed by atoms with Crippen molar-refractivity contribution in [3.8, 4) is 0 Å². The Morgan fingerprint density at radius 3 is 2.46 bits per heavy atom. The van der Waals surface area contributed by atoms with Crippen LogP contribution < -0.4 is 0 Å². The first kappa shape index (κ1) is 8.70. The minimum Gasteiger partial charge on any atom is -0.280 e. The van der Waals surface area contributed by atoms with Crippen molar-refractivity contribution >= 4 is 21.6 Å². The Bertz CT molecular complexity index is 374. The fourth-order valence-electron chi connectivity index (χ4n) is 1.33. The van der Waals surface area contributed by atoms with Gasteiger partial charge >= 0.3 is 0 Å². The van der Waals surface area contributed by atoms with Gasteiger partial charge in [-0.25, -0.2) is 0 Å². The number of allylic oxidation sites excluding steroid dienone is 1. The summed E-state index contributed by atoms with van der Waals surface area (Å²) in [6, 6.07) is 8.24. The first-order valence-corrected chi connectivity index (χ1v) is 5.02. The van der Waals surface area contributed by atoms with E-state index in [1.165, 1.54) is 11.1 Å². The van der Waals surface area contributed by atoms with Crippen LogP contribution in [0.2, 0.25) is 0 Å². The maximum absolute atomic E-state index is 4.43. The lowest BCUT2D eigenvalue weighted by molar-refractivity contribution is 1.18. The second kappa shape index (κ2) is 3.46. The number of rotatable bonds is 1. The monoisotopic (exact) mass is 235 g/mol. The average molecular weight is 236 g/mol. The maximum Gasteiger partial charge on any atom is 0.0650 e. The molecule has 1 aromatic carbocycles. The molecule has 0 radical (unpaired) electrons. The van der Waals surface area contributed by atoms with Crippen molar-refractivity contribution in [3.05, 3.63) is 46.0 Å². The van der Waals surface area contributed by atoms with Gasteiger partial charge in [0, 0.05) is 4.47 Å². The molecule has 1 aromatic rings. The van der Waals surface area contributed by atoms with Crippen LogP contribution in [0.4, 0.5) is 0 Å². The van der Waals surface area contributed by atoms with E-state index in [0.29, 0.717) is 0 Å². The van der Waals surface area contributed by atoms with E-state index in [2.05, 4.69) is 46.1 Å². The fraction of sp³-hybridized carbons (Fsp3) is 0.182. The van der Waals surface area contributed by atoms with Gasteiger partial charge in [-0.15, -0.1) is 0 Å². The van der Waals surface area contributed by atoms with Crippen molar-refractivity contribution in [1.82, 2.24) is 0 Å². The molecule has 0 spiro atoms. The zero-order chi connectivity index (χ0) is 9.26. The van der Waals surface area contributed by atoms with E-state index in [4.69, 9.17) is 0 Å². The summed E-state index contributed by atoms with van der Waals surface area (Å²) in [5, 5.41) is 0. The van der Waals surface area contributed by atoms with Crippen LogP contribution in [0, 0.1) is 0 Å². The van der Waals surface area contributed by atoms with E-state index in [1.807, 2.05) is 12.1 Å². The van der Waals surface area contributed by atoms with Crippen molar-refractivity contribution < 1.29 is 0 Å². The lowest BCUT2D eigenvalue weighted by atomic mass is 10.1. The molecule has 0 bridgehead atoms. The van der Waals surface area contributed by atoms with Crippen molar-refractivity contribution in [2.75, 3.05) is 6.54 Å². The third-order valence-corrected chi connectivity index (χ3v) is 2.55. The molecule has 1 nitrogen and oxygen atoms in total. The topological polar surface area (TPSA) is 12.4 Å². The van der Waals surface area contributed by atoms with Gasteiger partial charge in [-0.3, -0.25) is 4.99 Å². The lowest BCUT2D eigenvalue weighted by Crippen LogP contribution is -1.92. The lowest BCUT2D eigenvalue weighted by Gasteiger charge is -1.97. The van der Waals surface area contributed by atoms with Crippen LogP contribution in [-0.2, 0) is 0 Å². The van der Waals surface area contributed by atoms with Crippen LogP contribution in [0.3, 0.4) is 0 Å². The molecular weight excluding hydrogens is 226 g/mol. The third-order valence-electron chi connectivity index (χ3n) is 2.02. The predicted molar refractivity (Wildman–Crippen MR) is 59.3 cm³/mol. The number of benzene rings is 1. The minimum atomic E-state index is 0.853. The van der Waals surface area contributed by atoms with E-state index >= 15 is 0 Å². The number of nitrogens with zero attached hydrogens (tertiary/aromatic N) is 1. The molecule has 0 fully saturated rings. The summed E-state index contributed by atoms with van der Waals surface area (Å²) in [6.07, 6.45) is 2.14. The van der Waals surface area contributed by atoms with Crippen LogP contribution in [0.5, 0.6) is 0 Å². The Morgan fingerprint density at radius 2 is 1.92 bits per heavy atom. The Balaban J connectivity index is 2.32. The molecule has 0 atom stereocenters. The first-order valence-electron chi connectivity index (χ1n) is 4.23. The number of hydrogen-bond acceptors (Lipinski definition) is 1. The fourth-order valence-corrected chi connectivity index (χ4v) is 1.59. The summed E-state index contributed by atoms with van der Waals surface area (Å²) in [5.74, 6) is 0. The second-order valence-corrected chi connectivity index (χ2v) is 4.11. The summed E-state index contributed by atoms with van der Waals surface area (Å²) in [4.78, 5) is 4.43. The summed E-state index contributed by atoms with van der Waals surface area (Å²) in [5.41, 5.74) is 3.63. The Kier molecular flexibility index (Phi) is 2.32. The molecule has 0 saturated carbocycles. The largest absolute Gasteiger partial charge is 0.280 e. The van der Waals surface area contributed by atoms with E-state index < -0.39 is 0 Å². The first-order chi connectivity index (χ1) is 6.25. The molecule has 0 aromatic heterocycles. The van der Waals surface area contributed by atoms with Crippen LogP contribution in [0.25, 0.3) is 0 Å². The molecule has 1 aliphatic rings. The maximum atomic E-state index is 4.43. The SMILES string of the molecule is CC1=CC(c2ccc(Br)cc2)=NC1. The Labute approximate surface area is 86.3 Å². The summed E-state index contributed by atoms with van der Waals surface area (Å²) in [7, 11) is 0. The highest BCUT2D eigenvalue weighted by atomic mass is 79.9. The molecule has 2 heteroatoms. The van der Waals surface area contributed by atoms with Crippen molar-refractivity contribution in [3.63, 3.8) is 0 Å². The smallest absolute Gasteiger partial charge is 0.0650 e. The van der Waals surface area contributed by atoms with Gasteiger partial charge in [0.2, 0.25) is 0 Å². The highest BCUT2D eigenvalue weighted by molar-refractivity contribution is 9.10. The molecule has 1 aliphatic heterocycles. The van der Waals surface area contributed by atoms with Gasteiger partial charge in [-0.1, -0.05) is 28.1 Å². The predicted octanol–water partition coefficient (Wildman–Crippen LogP) is 3.20. The molecule has 0 N–H and O–H groups in total. The van der Waals surface area contributed by atoms with Crippen LogP contribution in [0.1, 0.15) is 12.5 Å². The van der Waals surface area contributed by atoms with Crippen molar-refractivity contribution in [2.45, 2.75) is 6.92 Å². The van der Waals surface area contributed by atoms with E-state index in [9.17, 15) is 0 Å². The van der Waals surface area contributed by atoms with Gasteiger partial charge in [-0.2, -0.15) is 0 Å². The Morgan fingerprint density at radius 1 is 1.23 bits per heavy atom. The second-order valence-electron chi connectivity index (χ2n) is 3.20. The van der Waals surface area contributed by atoms with Crippen molar-refractivity contribution in [2.24, 2.45) is 4.99 Å². The zero-order valence-electron chi connectivity index (χ0n) is 7.42.